The maximum Gasteiger partial charge on any atom is 0.326 e. The van der Waals surface area contributed by atoms with Crippen LogP contribution in [0.5, 0.6) is 0 Å². The topological polar surface area (TPSA) is 122 Å². The largest absolute Gasteiger partial charge is 0.480 e. The van der Waals surface area contributed by atoms with Crippen molar-refractivity contribution in [2.45, 2.75) is 19.0 Å². The second kappa shape index (κ2) is 7.17. The lowest BCUT2D eigenvalue weighted by Gasteiger charge is -2.13. The highest BCUT2D eigenvalue weighted by Crippen LogP contribution is 2.08. The summed E-state index contributed by atoms with van der Waals surface area (Å²) in [6, 6.07) is 0.711. The van der Waals surface area contributed by atoms with Crippen LogP contribution >= 0.6 is 0 Å². The zero-order valence-electron chi connectivity index (χ0n) is 10.7. The molecule has 114 valence electrons. The Morgan fingerprint density at radius 1 is 1.24 bits per heavy atom. The number of benzene rings is 1. The second-order valence-electron chi connectivity index (χ2n) is 4.14. The third-order valence-electron chi connectivity index (χ3n) is 2.45. The highest BCUT2D eigenvalue weighted by atomic mass is 19.2. The van der Waals surface area contributed by atoms with Crippen LogP contribution in [0.4, 0.5) is 13.6 Å². The molecule has 1 unspecified atom stereocenters. The molecule has 1 rings (SSSR count). The molecule has 5 N–H and O–H groups in total. The highest BCUT2D eigenvalue weighted by molar-refractivity contribution is 5.87. The van der Waals surface area contributed by atoms with Crippen molar-refractivity contribution in [3.05, 3.63) is 35.4 Å². The molecule has 0 fully saturated rings. The summed E-state index contributed by atoms with van der Waals surface area (Å²) in [6.45, 7) is -0.147. The Bertz CT molecular complexity index is 565. The van der Waals surface area contributed by atoms with Gasteiger partial charge in [-0.1, -0.05) is 6.07 Å². The summed E-state index contributed by atoms with van der Waals surface area (Å²) < 4.78 is 25.6. The number of primary amides is 1. The van der Waals surface area contributed by atoms with Gasteiger partial charge in [-0.3, -0.25) is 4.79 Å². The number of rotatable bonds is 6. The lowest BCUT2D eigenvalue weighted by molar-refractivity contribution is -0.140. The number of halogens is 2. The van der Waals surface area contributed by atoms with Crippen molar-refractivity contribution in [3.63, 3.8) is 0 Å². The minimum Gasteiger partial charge on any atom is -0.480 e. The van der Waals surface area contributed by atoms with Gasteiger partial charge in [0.15, 0.2) is 11.6 Å². The van der Waals surface area contributed by atoms with Crippen molar-refractivity contribution in [2.75, 3.05) is 0 Å². The number of hydrogen-bond acceptors (Lipinski definition) is 3. The van der Waals surface area contributed by atoms with E-state index < -0.39 is 42.0 Å². The normalized spacial score (nSPS) is 11.5. The average Bonchev–Trinajstić information content (AvgIpc) is 2.38. The van der Waals surface area contributed by atoms with Gasteiger partial charge in [0, 0.05) is 6.54 Å². The Labute approximate surface area is 118 Å². The van der Waals surface area contributed by atoms with E-state index in [-0.39, 0.29) is 12.1 Å². The highest BCUT2D eigenvalue weighted by Gasteiger charge is 2.21. The van der Waals surface area contributed by atoms with E-state index in [4.69, 9.17) is 10.8 Å². The summed E-state index contributed by atoms with van der Waals surface area (Å²) in [5.74, 6) is -4.39. The molecule has 0 radical (unpaired) electrons. The van der Waals surface area contributed by atoms with Crippen LogP contribution < -0.4 is 16.4 Å². The molecule has 0 saturated heterocycles. The number of amides is 3. The Hall–Kier alpha value is -2.71. The Balaban J connectivity index is 2.54. The van der Waals surface area contributed by atoms with Gasteiger partial charge < -0.3 is 21.5 Å². The van der Waals surface area contributed by atoms with Gasteiger partial charge in [0.05, 0.1) is 6.42 Å². The summed E-state index contributed by atoms with van der Waals surface area (Å²) in [6.07, 6.45) is -0.562. The van der Waals surface area contributed by atoms with Crippen LogP contribution in [0, 0.1) is 11.6 Å². The van der Waals surface area contributed by atoms with E-state index >= 15 is 0 Å². The predicted molar refractivity (Wildman–Crippen MR) is 67.0 cm³/mol. The van der Waals surface area contributed by atoms with Crippen LogP contribution in [-0.2, 0) is 16.1 Å². The van der Waals surface area contributed by atoms with Crippen LogP contribution in [0.25, 0.3) is 0 Å². The molecule has 0 aliphatic carbocycles. The van der Waals surface area contributed by atoms with Gasteiger partial charge in [-0.25, -0.2) is 18.4 Å². The maximum atomic E-state index is 12.9. The molecular formula is C12H13F2N3O4. The minimum absolute atomic E-state index is 0.147. The molecule has 0 aromatic heterocycles. The third-order valence-corrected chi connectivity index (χ3v) is 2.45. The van der Waals surface area contributed by atoms with E-state index in [1.807, 2.05) is 5.32 Å². The fourth-order valence-electron chi connectivity index (χ4n) is 1.44. The molecule has 0 aliphatic heterocycles. The molecule has 7 nitrogen and oxygen atoms in total. The minimum atomic E-state index is -1.47. The number of aliphatic carboxylic acids is 1. The van der Waals surface area contributed by atoms with E-state index in [9.17, 15) is 23.2 Å². The monoisotopic (exact) mass is 301 g/mol. The molecule has 0 saturated carbocycles. The van der Waals surface area contributed by atoms with Crippen LogP contribution in [0.2, 0.25) is 0 Å². The zero-order valence-corrected chi connectivity index (χ0v) is 10.7. The van der Waals surface area contributed by atoms with Gasteiger partial charge in [-0.15, -0.1) is 0 Å². The van der Waals surface area contributed by atoms with E-state index in [0.717, 1.165) is 12.1 Å². The van der Waals surface area contributed by atoms with Gasteiger partial charge in [0.2, 0.25) is 5.91 Å². The van der Waals surface area contributed by atoms with Gasteiger partial charge in [0.1, 0.15) is 6.04 Å². The van der Waals surface area contributed by atoms with Gasteiger partial charge in [0.25, 0.3) is 0 Å². The molecule has 21 heavy (non-hydrogen) atoms. The Kier molecular flexibility index (Phi) is 5.58. The molecule has 3 amide bonds. The van der Waals surface area contributed by atoms with E-state index in [1.165, 1.54) is 6.07 Å². The number of hydrogen-bond donors (Lipinski definition) is 4. The molecule has 1 atom stereocenters. The molecule has 0 aliphatic rings. The van der Waals surface area contributed by atoms with Crippen LogP contribution in [-0.4, -0.2) is 29.1 Å². The van der Waals surface area contributed by atoms with Crippen molar-refractivity contribution in [3.8, 4) is 0 Å². The number of carbonyl (C=O) groups is 3. The number of carboxylic acids is 1. The Morgan fingerprint density at radius 2 is 1.90 bits per heavy atom. The van der Waals surface area contributed by atoms with Crippen LogP contribution in [0.15, 0.2) is 18.2 Å². The van der Waals surface area contributed by atoms with Crippen molar-refractivity contribution in [1.82, 2.24) is 10.6 Å². The summed E-state index contributed by atoms with van der Waals surface area (Å²) in [5.41, 5.74) is 5.13. The van der Waals surface area contributed by atoms with Crippen molar-refractivity contribution < 1.29 is 28.3 Å². The molecule has 1 aromatic rings. The first-order chi connectivity index (χ1) is 9.79. The van der Waals surface area contributed by atoms with E-state index in [2.05, 4.69) is 5.32 Å². The lowest BCUT2D eigenvalue weighted by atomic mass is 10.2. The number of carboxylic acid groups (broad SMARTS) is 1. The summed E-state index contributed by atoms with van der Waals surface area (Å²) in [4.78, 5) is 32.9. The summed E-state index contributed by atoms with van der Waals surface area (Å²) in [5, 5.41) is 13.1. The third kappa shape index (κ3) is 5.43. The van der Waals surface area contributed by atoms with Crippen molar-refractivity contribution >= 4 is 17.9 Å². The lowest BCUT2D eigenvalue weighted by Crippen LogP contribution is -2.47. The average molecular weight is 301 g/mol. The molecule has 1 aromatic carbocycles. The van der Waals surface area contributed by atoms with Crippen molar-refractivity contribution in [2.24, 2.45) is 5.73 Å². The number of nitrogens with two attached hydrogens (primary N) is 1. The fourth-order valence-corrected chi connectivity index (χ4v) is 1.44. The number of carbonyl (C=O) groups excluding carboxylic acids is 2. The summed E-state index contributed by atoms with van der Waals surface area (Å²) >= 11 is 0. The van der Waals surface area contributed by atoms with E-state index in [1.54, 1.807) is 0 Å². The first-order valence-electron chi connectivity index (χ1n) is 5.79. The van der Waals surface area contributed by atoms with Gasteiger partial charge >= 0.3 is 12.0 Å². The molecular weight excluding hydrogens is 288 g/mol. The maximum absolute atomic E-state index is 12.9. The molecule has 0 heterocycles. The summed E-state index contributed by atoms with van der Waals surface area (Å²) in [7, 11) is 0. The second-order valence-corrected chi connectivity index (χ2v) is 4.14. The zero-order chi connectivity index (χ0) is 16.0. The Morgan fingerprint density at radius 3 is 2.43 bits per heavy atom. The first kappa shape index (κ1) is 16.3. The van der Waals surface area contributed by atoms with Crippen molar-refractivity contribution in [1.29, 1.82) is 0 Å². The number of urea groups is 1. The van der Waals surface area contributed by atoms with E-state index in [0.29, 0.717) is 0 Å². The van der Waals surface area contributed by atoms with Gasteiger partial charge in [-0.2, -0.15) is 0 Å². The SMILES string of the molecule is NC(=O)CC(NC(=O)NCc1ccc(F)c(F)c1)C(=O)O. The molecule has 0 spiro atoms. The quantitative estimate of drug-likeness (QED) is 0.595. The predicted octanol–water partition coefficient (Wildman–Crippen LogP) is 0.0926. The number of nitrogens with one attached hydrogen (secondary N) is 2. The standard InChI is InChI=1S/C12H13F2N3O4/c13-7-2-1-6(3-8(7)14)5-16-12(21)17-9(11(19)20)4-10(15)18/h1-3,9H,4-5H2,(H2,15,18)(H,19,20)(H2,16,17,21). The van der Waals surface area contributed by atoms with Crippen LogP contribution in [0.1, 0.15) is 12.0 Å². The first-order valence-corrected chi connectivity index (χ1v) is 5.79. The molecule has 0 bridgehead atoms. The van der Waals surface area contributed by atoms with Crippen LogP contribution in [0.3, 0.4) is 0 Å². The fraction of sp³-hybridized carbons (Fsp3) is 0.250. The smallest absolute Gasteiger partial charge is 0.326 e. The van der Waals surface area contributed by atoms with Gasteiger partial charge in [-0.05, 0) is 17.7 Å². The molecule has 9 heteroatoms.